The number of hydrogen-bond acceptors (Lipinski definition) is 2. The van der Waals surface area contributed by atoms with Gasteiger partial charge in [-0.2, -0.15) is 0 Å². The van der Waals surface area contributed by atoms with Gasteiger partial charge in [-0.15, -0.1) is 0 Å². The topological polar surface area (TPSA) is 42.2 Å². The molecule has 1 heterocycles. The predicted octanol–water partition coefficient (Wildman–Crippen LogP) is 5.12. The molecule has 1 aromatic heterocycles. The zero-order chi connectivity index (χ0) is 16.4. The molecule has 0 saturated carbocycles. The van der Waals surface area contributed by atoms with Gasteiger partial charge in [-0.25, -0.2) is 0 Å². The van der Waals surface area contributed by atoms with Crippen LogP contribution < -0.4 is 5.32 Å². The number of carbonyl (C=O) groups excluding carboxylic acids is 1. The average molecular weight is 305 g/mol. The molecule has 1 N–H and O–H groups in total. The summed E-state index contributed by atoms with van der Waals surface area (Å²) in [4.78, 5) is 12.3. The van der Waals surface area contributed by atoms with Gasteiger partial charge in [-0.1, -0.05) is 29.8 Å². The predicted molar refractivity (Wildman–Crippen MR) is 92.8 cm³/mol. The Morgan fingerprint density at radius 1 is 0.870 bits per heavy atom. The lowest BCUT2D eigenvalue weighted by Crippen LogP contribution is -2.10. The van der Waals surface area contributed by atoms with Crippen LogP contribution in [0.4, 0.5) is 5.69 Å². The van der Waals surface area contributed by atoms with E-state index in [4.69, 9.17) is 4.42 Å². The third-order valence-electron chi connectivity index (χ3n) is 3.93. The van der Waals surface area contributed by atoms with E-state index in [0.29, 0.717) is 11.5 Å². The van der Waals surface area contributed by atoms with Crippen molar-refractivity contribution in [1.82, 2.24) is 0 Å². The maximum Gasteiger partial charge on any atom is 0.291 e. The summed E-state index contributed by atoms with van der Waals surface area (Å²) in [5.41, 5.74) is 5.31. The normalized spacial score (nSPS) is 10.6. The lowest BCUT2D eigenvalue weighted by Gasteiger charge is -2.04. The van der Waals surface area contributed by atoms with Gasteiger partial charge in [0.05, 0.1) is 0 Å². The molecule has 0 aliphatic rings. The number of furan rings is 1. The smallest absolute Gasteiger partial charge is 0.291 e. The van der Waals surface area contributed by atoms with E-state index in [0.717, 1.165) is 16.8 Å². The van der Waals surface area contributed by atoms with Gasteiger partial charge in [-0.3, -0.25) is 4.79 Å². The molecule has 3 heteroatoms. The molecule has 0 spiro atoms. The van der Waals surface area contributed by atoms with E-state index >= 15 is 0 Å². The number of rotatable bonds is 3. The van der Waals surface area contributed by atoms with Crippen molar-refractivity contribution < 1.29 is 9.21 Å². The van der Waals surface area contributed by atoms with Crippen LogP contribution in [0.15, 0.2) is 59.0 Å². The highest BCUT2D eigenvalue weighted by atomic mass is 16.3. The molecular weight excluding hydrogens is 286 g/mol. The third-order valence-corrected chi connectivity index (χ3v) is 3.93. The molecule has 3 rings (SSSR count). The fraction of sp³-hybridized carbons (Fsp3) is 0.150. The van der Waals surface area contributed by atoms with E-state index in [1.165, 1.54) is 11.1 Å². The molecule has 0 aliphatic carbocycles. The SMILES string of the molecule is Cc1ccc(NC(=O)c2ccc(-c3ccc(C)c(C)c3)o2)cc1. The Kier molecular flexibility index (Phi) is 4.02. The highest BCUT2D eigenvalue weighted by Crippen LogP contribution is 2.25. The highest BCUT2D eigenvalue weighted by molar-refractivity contribution is 6.02. The molecule has 0 atom stereocenters. The fourth-order valence-electron chi connectivity index (χ4n) is 2.34. The molecule has 2 aromatic carbocycles. The average Bonchev–Trinajstić information content (AvgIpc) is 3.02. The maximum atomic E-state index is 12.3. The second-order valence-electron chi connectivity index (χ2n) is 5.78. The number of benzene rings is 2. The number of hydrogen-bond donors (Lipinski definition) is 1. The van der Waals surface area contributed by atoms with E-state index in [2.05, 4.69) is 31.3 Å². The number of carbonyl (C=O) groups is 1. The Morgan fingerprint density at radius 3 is 2.30 bits per heavy atom. The molecule has 23 heavy (non-hydrogen) atoms. The Balaban J connectivity index is 1.79. The molecule has 0 fully saturated rings. The Hall–Kier alpha value is -2.81. The fourth-order valence-corrected chi connectivity index (χ4v) is 2.34. The lowest BCUT2D eigenvalue weighted by molar-refractivity contribution is 0.0997. The van der Waals surface area contributed by atoms with Crippen LogP contribution >= 0.6 is 0 Å². The molecule has 3 nitrogen and oxygen atoms in total. The molecule has 0 radical (unpaired) electrons. The largest absolute Gasteiger partial charge is 0.451 e. The minimum absolute atomic E-state index is 0.246. The zero-order valence-corrected chi connectivity index (χ0v) is 13.5. The van der Waals surface area contributed by atoms with Crippen molar-refractivity contribution >= 4 is 11.6 Å². The summed E-state index contributed by atoms with van der Waals surface area (Å²) in [6.07, 6.45) is 0. The Labute approximate surface area is 136 Å². The monoisotopic (exact) mass is 305 g/mol. The molecule has 116 valence electrons. The van der Waals surface area contributed by atoms with E-state index in [1.54, 1.807) is 6.07 Å². The third kappa shape index (κ3) is 3.34. The van der Waals surface area contributed by atoms with Crippen LogP contribution in [-0.2, 0) is 0 Å². The maximum absolute atomic E-state index is 12.3. The van der Waals surface area contributed by atoms with E-state index in [-0.39, 0.29) is 5.91 Å². The van der Waals surface area contributed by atoms with Crippen molar-refractivity contribution in [1.29, 1.82) is 0 Å². The van der Waals surface area contributed by atoms with Gasteiger partial charge in [-0.05, 0) is 62.2 Å². The number of amides is 1. The molecular formula is C20H19NO2. The van der Waals surface area contributed by atoms with Crippen LogP contribution in [-0.4, -0.2) is 5.91 Å². The zero-order valence-electron chi connectivity index (χ0n) is 13.5. The Morgan fingerprint density at radius 2 is 1.61 bits per heavy atom. The van der Waals surface area contributed by atoms with Crippen molar-refractivity contribution in [2.24, 2.45) is 0 Å². The van der Waals surface area contributed by atoms with Crippen LogP contribution in [0.2, 0.25) is 0 Å². The van der Waals surface area contributed by atoms with Gasteiger partial charge in [0.1, 0.15) is 5.76 Å². The summed E-state index contributed by atoms with van der Waals surface area (Å²) in [5, 5.41) is 2.84. The van der Waals surface area contributed by atoms with Gasteiger partial charge in [0, 0.05) is 11.3 Å². The first kappa shape index (κ1) is 15.1. The van der Waals surface area contributed by atoms with Gasteiger partial charge >= 0.3 is 0 Å². The Bertz CT molecular complexity index is 844. The number of aryl methyl sites for hydroxylation is 3. The molecule has 0 aliphatic heterocycles. The first-order valence-corrected chi connectivity index (χ1v) is 7.58. The van der Waals surface area contributed by atoms with Crippen LogP contribution in [0.25, 0.3) is 11.3 Å². The summed E-state index contributed by atoms with van der Waals surface area (Å²) in [6, 6.07) is 17.3. The first-order chi connectivity index (χ1) is 11.0. The molecule has 3 aromatic rings. The lowest BCUT2D eigenvalue weighted by atomic mass is 10.1. The summed E-state index contributed by atoms with van der Waals surface area (Å²) in [5.74, 6) is 0.755. The van der Waals surface area contributed by atoms with Crippen LogP contribution in [0.1, 0.15) is 27.2 Å². The van der Waals surface area contributed by atoms with Crippen molar-refractivity contribution in [2.75, 3.05) is 5.32 Å². The van der Waals surface area contributed by atoms with Crippen LogP contribution in [0.3, 0.4) is 0 Å². The molecule has 0 bridgehead atoms. The summed E-state index contributed by atoms with van der Waals surface area (Å²) in [6.45, 7) is 6.14. The molecule has 1 amide bonds. The second kappa shape index (κ2) is 6.13. The van der Waals surface area contributed by atoms with Gasteiger partial charge in [0.25, 0.3) is 5.91 Å². The van der Waals surface area contributed by atoms with Crippen molar-refractivity contribution in [3.05, 3.63) is 77.0 Å². The number of anilines is 1. The van der Waals surface area contributed by atoms with E-state index in [9.17, 15) is 4.79 Å². The summed E-state index contributed by atoms with van der Waals surface area (Å²) < 4.78 is 5.71. The van der Waals surface area contributed by atoms with Crippen LogP contribution in [0, 0.1) is 20.8 Å². The first-order valence-electron chi connectivity index (χ1n) is 7.58. The van der Waals surface area contributed by atoms with Crippen molar-refractivity contribution in [3.63, 3.8) is 0 Å². The second-order valence-corrected chi connectivity index (χ2v) is 5.78. The van der Waals surface area contributed by atoms with E-state index < -0.39 is 0 Å². The van der Waals surface area contributed by atoms with Crippen molar-refractivity contribution in [3.8, 4) is 11.3 Å². The minimum Gasteiger partial charge on any atom is -0.451 e. The molecule has 0 saturated heterocycles. The van der Waals surface area contributed by atoms with Gasteiger partial charge < -0.3 is 9.73 Å². The summed E-state index contributed by atoms with van der Waals surface area (Å²) in [7, 11) is 0. The summed E-state index contributed by atoms with van der Waals surface area (Å²) >= 11 is 0. The van der Waals surface area contributed by atoms with Gasteiger partial charge in [0.2, 0.25) is 0 Å². The quantitative estimate of drug-likeness (QED) is 0.729. The van der Waals surface area contributed by atoms with E-state index in [1.807, 2.05) is 43.3 Å². The van der Waals surface area contributed by atoms with Crippen LogP contribution in [0.5, 0.6) is 0 Å². The molecule has 0 unspecified atom stereocenters. The minimum atomic E-state index is -0.246. The van der Waals surface area contributed by atoms with Gasteiger partial charge in [0.15, 0.2) is 5.76 Å². The number of nitrogens with one attached hydrogen (secondary N) is 1. The standard InChI is InChI=1S/C20H19NO2/c1-13-4-8-17(9-5-13)21-20(22)19-11-10-18(23-19)16-7-6-14(2)15(3)12-16/h4-12H,1-3H3,(H,21,22). The van der Waals surface area contributed by atoms with Crippen molar-refractivity contribution in [2.45, 2.75) is 20.8 Å². The highest BCUT2D eigenvalue weighted by Gasteiger charge is 2.12.